The van der Waals surface area contributed by atoms with E-state index in [1.54, 1.807) is 0 Å². The summed E-state index contributed by atoms with van der Waals surface area (Å²) in [5, 5.41) is 11.9. The summed E-state index contributed by atoms with van der Waals surface area (Å²) < 4.78 is 0. The van der Waals surface area contributed by atoms with Crippen LogP contribution in [0.3, 0.4) is 0 Å². The largest absolute Gasteiger partial charge is 0.392 e. The smallest absolute Gasteiger partial charge is 0.0682 e. The van der Waals surface area contributed by atoms with E-state index in [1.807, 2.05) is 0 Å². The van der Waals surface area contributed by atoms with Crippen molar-refractivity contribution in [1.82, 2.24) is 0 Å². The van der Waals surface area contributed by atoms with Crippen LogP contribution in [0.1, 0.15) is 5.56 Å². The minimum atomic E-state index is 0.0926. The number of hydrogen-bond acceptors (Lipinski definition) is 1. The predicted octanol–water partition coefficient (Wildman–Crippen LogP) is 3.98. The van der Waals surface area contributed by atoms with Gasteiger partial charge < -0.3 is 5.11 Å². The number of hydrogen-bond donors (Lipinski definition) is 1. The molecule has 1 nitrogen and oxygen atoms in total. The Morgan fingerprint density at radius 2 is 1.44 bits per heavy atom. The van der Waals surface area contributed by atoms with Gasteiger partial charge in [-0.2, -0.15) is 0 Å². The molecule has 0 radical (unpaired) electrons. The number of fused-ring (bicyclic) bond motifs is 3. The molecule has 1 N–H and O–H groups in total. The van der Waals surface area contributed by atoms with Crippen molar-refractivity contribution in [2.75, 3.05) is 0 Å². The Morgan fingerprint density at radius 3 is 2.22 bits per heavy atom. The third-order valence-electron chi connectivity index (χ3n) is 3.73. The van der Waals surface area contributed by atoms with Gasteiger partial charge in [0.25, 0.3) is 0 Å². The minimum Gasteiger partial charge on any atom is -0.392 e. The second-order valence-corrected chi connectivity index (χ2v) is 4.75. The highest BCUT2D eigenvalue weighted by Crippen LogP contribution is 2.47. The molecule has 0 aliphatic heterocycles. The standard InChI is InChI=1S/C17H12O/c18-10-11-8-12-4-3-7-15-13-5-1-2-6-14(13)16(9-11)17(12)15/h1-9,18H,10H2. The van der Waals surface area contributed by atoms with Crippen LogP contribution in [0.5, 0.6) is 0 Å². The first-order valence-electron chi connectivity index (χ1n) is 6.15. The van der Waals surface area contributed by atoms with Crippen LogP contribution in [0, 0.1) is 0 Å². The van der Waals surface area contributed by atoms with Gasteiger partial charge in [0, 0.05) is 0 Å². The second kappa shape index (κ2) is 3.44. The molecule has 0 amide bonds. The number of aliphatic hydroxyl groups excluding tert-OH is 1. The summed E-state index contributed by atoms with van der Waals surface area (Å²) in [6.45, 7) is 0.0926. The summed E-state index contributed by atoms with van der Waals surface area (Å²) in [5.74, 6) is 0. The fraction of sp³-hybridized carbons (Fsp3) is 0.0588. The van der Waals surface area contributed by atoms with Crippen LogP contribution in [0.25, 0.3) is 33.0 Å². The van der Waals surface area contributed by atoms with Gasteiger partial charge in [0.05, 0.1) is 6.61 Å². The van der Waals surface area contributed by atoms with Crippen LogP contribution in [0.15, 0.2) is 54.6 Å². The van der Waals surface area contributed by atoms with Gasteiger partial charge in [-0.1, -0.05) is 42.5 Å². The van der Waals surface area contributed by atoms with Crippen molar-refractivity contribution in [2.24, 2.45) is 0 Å². The predicted molar refractivity (Wildman–Crippen MR) is 74.3 cm³/mol. The van der Waals surface area contributed by atoms with Crippen LogP contribution < -0.4 is 0 Å². The Balaban J connectivity index is 2.22. The van der Waals surface area contributed by atoms with Crippen molar-refractivity contribution in [3.8, 4) is 22.3 Å². The molecular weight excluding hydrogens is 220 g/mol. The van der Waals surface area contributed by atoms with Crippen LogP contribution in [-0.4, -0.2) is 5.11 Å². The Bertz CT molecular complexity index is 772. The first-order valence-corrected chi connectivity index (χ1v) is 6.15. The average molecular weight is 232 g/mol. The number of benzene rings is 3. The average Bonchev–Trinajstić information content (AvgIpc) is 2.76. The van der Waals surface area contributed by atoms with Gasteiger partial charge in [-0.25, -0.2) is 0 Å². The van der Waals surface area contributed by atoms with Crippen molar-refractivity contribution < 1.29 is 5.11 Å². The van der Waals surface area contributed by atoms with E-state index < -0.39 is 0 Å². The van der Waals surface area contributed by atoms with E-state index in [9.17, 15) is 5.11 Å². The fourth-order valence-electron chi connectivity index (χ4n) is 2.97. The Labute approximate surface area is 105 Å². The summed E-state index contributed by atoms with van der Waals surface area (Å²) in [5.41, 5.74) is 6.11. The van der Waals surface area contributed by atoms with Crippen LogP contribution >= 0.6 is 0 Å². The Hall–Kier alpha value is -2.12. The zero-order chi connectivity index (χ0) is 12.1. The first kappa shape index (κ1) is 9.86. The lowest BCUT2D eigenvalue weighted by molar-refractivity contribution is 0.282. The summed E-state index contributed by atoms with van der Waals surface area (Å²) >= 11 is 0. The Kier molecular flexibility index (Phi) is 1.88. The summed E-state index contributed by atoms with van der Waals surface area (Å²) in [4.78, 5) is 0. The van der Waals surface area contributed by atoms with Crippen molar-refractivity contribution in [1.29, 1.82) is 0 Å². The zero-order valence-electron chi connectivity index (χ0n) is 9.85. The molecule has 0 fully saturated rings. The molecule has 18 heavy (non-hydrogen) atoms. The van der Waals surface area contributed by atoms with E-state index in [0.717, 1.165) is 5.56 Å². The SMILES string of the molecule is OCc1cc2c3c(cccc3c1)-c1ccccc1-2. The van der Waals surface area contributed by atoms with E-state index in [2.05, 4.69) is 54.6 Å². The maximum absolute atomic E-state index is 9.38. The molecule has 3 aromatic carbocycles. The molecule has 1 heteroatoms. The molecule has 0 spiro atoms. The molecule has 86 valence electrons. The van der Waals surface area contributed by atoms with Crippen LogP contribution in [0.4, 0.5) is 0 Å². The van der Waals surface area contributed by atoms with Gasteiger partial charge in [-0.15, -0.1) is 0 Å². The van der Waals surface area contributed by atoms with Gasteiger partial charge >= 0.3 is 0 Å². The highest BCUT2D eigenvalue weighted by molar-refractivity contribution is 6.15. The van der Waals surface area contributed by atoms with Crippen LogP contribution in [0.2, 0.25) is 0 Å². The quantitative estimate of drug-likeness (QED) is 0.526. The molecule has 3 aromatic rings. The molecule has 0 heterocycles. The molecule has 1 aliphatic rings. The maximum Gasteiger partial charge on any atom is 0.0682 e. The molecule has 0 atom stereocenters. The van der Waals surface area contributed by atoms with E-state index in [-0.39, 0.29) is 6.61 Å². The van der Waals surface area contributed by atoms with Crippen molar-refractivity contribution in [3.05, 3.63) is 60.2 Å². The van der Waals surface area contributed by atoms with Crippen LogP contribution in [-0.2, 0) is 6.61 Å². The van der Waals surface area contributed by atoms with E-state index in [0.29, 0.717) is 0 Å². The minimum absolute atomic E-state index is 0.0926. The number of rotatable bonds is 1. The van der Waals surface area contributed by atoms with Gasteiger partial charge in [-0.3, -0.25) is 0 Å². The molecule has 0 unspecified atom stereocenters. The van der Waals surface area contributed by atoms with Crippen molar-refractivity contribution >= 4 is 10.8 Å². The summed E-state index contributed by atoms with van der Waals surface area (Å²) in [7, 11) is 0. The van der Waals surface area contributed by atoms with Gasteiger partial charge in [0.2, 0.25) is 0 Å². The summed E-state index contributed by atoms with van der Waals surface area (Å²) in [6, 6.07) is 19.0. The highest BCUT2D eigenvalue weighted by Gasteiger charge is 2.20. The monoisotopic (exact) mass is 232 g/mol. The zero-order valence-corrected chi connectivity index (χ0v) is 9.85. The Morgan fingerprint density at radius 1 is 0.722 bits per heavy atom. The van der Waals surface area contributed by atoms with E-state index >= 15 is 0 Å². The normalized spacial score (nSPS) is 11.8. The van der Waals surface area contributed by atoms with Gasteiger partial charge in [0.15, 0.2) is 0 Å². The molecule has 0 saturated carbocycles. The molecular formula is C17H12O. The van der Waals surface area contributed by atoms with Crippen molar-refractivity contribution in [3.63, 3.8) is 0 Å². The third-order valence-corrected chi connectivity index (χ3v) is 3.73. The third kappa shape index (κ3) is 1.14. The lowest BCUT2D eigenvalue weighted by Gasteiger charge is -2.05. The van der Waals surface area contributed by atoms with Gasteiger partial charge in [-0.05, 0) is 50.7 Å². The molecule has 0 bridgehead atoms. The summed E-state index contributed by atoms with van der Waals surface area (Å²) in [6.07, 6.45) is 0. The second-order valence-electron chi connectivity index (χ2n) is 4.75. The van der Waals surface area contributed by atoms with E-state index in [1.165, 1.54) is 33.0 Å². The molecule has 4 rings (SSSR count). The molecule has 0 aromatic heterocycles. The van der Waals surface area contributed by atoms with E-state index in [4.69, 9.17) is 0 Å². The fourth-order valence-corrected chi connectivity index (χ4v) is 2.97. The molecule has 0 saturated heterocycles. The number of aliphatic hydroxyl groups is 1. The lowest BCUT2D eigenvalue weighted by Crippen LogP contribution is -1.85. The topological polar surface area (TPSA) is 20.2 Å². The maximum atomic E-state index is 9.38. The highest BCUT2D eigenvalue weighted by atomic mass is 16.3. The first-order chi connectivity index (χ1) is 8.88. The lowest BCUT2D eigenvalue weighted by atomic mass is 10.0. The molecule has 1 aliphatic carbocycles. The van der Waals surface area contributed by atoms with Crippen molar-refractivity contribution in [2.45, 2.75) is 6.61 Å². The van der Waals surface area contributed by atoms with Gasteiger partial charge in [0.1, 0.15) is 0 Å².